The van der Waals surface area contributed by atoms with Crippen LogP contribution in [0.4, 0.5) is 4.39 Å². The smallest absolute Gasteiger partial charge is 0.344 e. The standard InChI is InChI=1S/C19H15BrFNO4/c1-24-11-16(19(23)26-12-21)15-5-3-2-4-14(15)10-25-18-7-6-13(9-22)8-17(18)20/h2-8,11H,10,12H2,1H3/b16-11+. The zero-order valence-electron chi connectivity index (χ0n) is 13.9. The van der Waals surface area contributed by atoms with Gasteiger partial charge in [-0.2, -0.15) is 5.26 Å². The second-order valence-electron chi connectivity index (χ2n) is 5.01. The molecule has 0 aliphatic rings. The van der Waals surface area contributed by atoms with Gasteiger partial charge in [-0.1, -0.05) is 24.3 Å². The molecule has 5 nitrogen and oxygen atoms in total. The first-order valence-electron chi connectivity index (χ1n) is 7.47. The molecule has 0 N–H and O–H groups in total. The fraction of sp³-hybridized carbons (Fsp3) is 0.158. The monoisotopic (exact) mass is 419 g/mol. The van der Waals surface area contributed by atoms with Crippen LogP contribution in [-0.4, -0.2) is 19.9 Å². The molecule has 7 heteroatoms. The largest absolute Gasteiger partial charge is 0.503 e. The molecule has 0 aliphatic carbocycles. The summed E-state index contributed by atoms with van der Waals surface area (Å²) in [5.74, 6) is -0.288. The number of carbonyl (C=O) groups excluding carboxylic acids is 1. The number of nitriles is 1. The molecule has 0 bridgehead atoms. The Labute approximate surface area is 158 Å². The Bertz CT molecular complexity index is 861. The molecule has 2 rings (SSSR count). The molecule has 26 heavy (non-hydrogen) atoms. The third kappa shape index (κ3) is 4.83. The Kier molecular flexibility index (Phi) is 7.18. The van der Waals surface area contributed by atoms with Crippen LogP contribution in [0.5, 0.6) is 5.75 Å². The number of benzene rings is 2. The van der Waals surface area contributed by atoms with Gasteiger partial charge in [-0.3, -0.25) is 0 Å². The van der Waals surface area contributed by atoms with Gasteiger partial charge in [0.2, 0.25) is 6.86 Å². The molecule has 0 heterocycles. The van der Waals surface area contributed by atoms with Gasteiger partial charge in [0.1, 0.15) is 17.9 Å². The van der Waals surface area contributed by atoms with Crippen molar-refractivity contribution in [3.63, 3.8) is 0 Å². The minimum atomic E-state index is -1.23. The molecule has 0 amide bonds. The maximum atomic E-state index is 12.4. The van der Waals surface area contributed by atoms with E-state index in [0.29, 0.717) is 26.9 Å². The number of ether oxygens (including phenoxy) is 3. The Morgan fingerprint density at radius 3 is 2.73 bits per heavy atom. The molecule has 0 fully saturated rings. The summed E-state index contributed by atoms with van der Waals surface area (Å²) >= 11 is 3.35. The Morgan fingerprint density at radius 2 is 2.08 bits per heavy atom. The van der Waals surface area contributed by atoms with Gasteiger partial charge in [-0.05, 0) is 45.3 Å². The molecule has 134 valence electrons. The molecular weight excluding hydrogens is 405 g/mol. The topological polar surface area (TPSA) is 68.6 Å². The predicted molar refractivity (Wildman–Crippen MR) is 96.7 cm³/mol. The summed E-state index contributed by atoms with van der Waals surface area (Å²) in [4.78, 5) is 12.0. The summed E-state index contributed by atoms with van der Waals surface area (Å²) in [5.41, 5.74) is 1.78. The van der Waals surface area contributed by atoms with E-state index in [9.17, 15) is 9.18 Å². The second kappa shape index (κ2) is 9.59. The number of hydrogen-bond acceptors (Lipinski definition) is 5. The molecule has 0 atom stereocenters. The van der Waals surface area contributed by atoms with Crippen molar-refractivity contribution < 1.29 is 23.4 Å². The van der Waals surface area contributed by atoms with E-state index >= 15 is 0 Å². The number of hydrogen-bond donors (Lipinski definition) is 0. The number of halogens is 2. The van der Waals surface area contributed by atoms with Gasteiger partial charge < -0.3 is 14.2 Å². The van der Waals surface area contributed by atoms with Crippen molar-refractivity contribution in [1.29, 1.82) is 5.26 Å². The summed E-state index contributed by atoms with van der Waals surface area (Å²) < 4.78 is 28.2. The number of esters is 1. The van der Waals surface area contributed by atoms with E-state index in [4.69, 9.17) is 14.7 Å². The molecule has 0 unspecified atom stereocenters. The number of alkyl halides is 1. The minimum Gasteiger partial charge on any atom is -0.503 e. The average molecular weight is 420 g/mol. The molecule has 0 spiro atoms. The second-order valence-corrected chi connectivity index (χ2v) is 5.87. The number of methoxy groups -OCH3 is 1. The first kappa shape index (κ1) is 19.5. The Morgan fingerprint density at radius 1 is 1.31 bits per heavy atom. The van der Waals surface area contributed by atoms with Crippen molar-refractivity contribution in [3.05, 3.63) is 69.9 Å². The summed E-state index contributed by atoms with van der Waals surface area (Å²) in [6.07, 6.45) is 1.20. The number of nitrogens with zero attached hydrogens (tertiary/aromatic N) is 1. The van der Waals surface area contributed by atoms with Gasteiger partial charge in [0.25, 0.3) is 0 Å². The molecule has 2 aromatic rings. The SMILES string of the molecule is CO/C=C(/C(=O)OCF)c1ccccc1COc1ccc(C#N)cc1Br. The average Bonchev–Trinajstić information content (AvgIpc) is 2.65. The van der Waals surface area contributed by atoms with Gasteiger partial charge in [-0.25, -0.2) is 9.18 Å². The summed E-state index contributed by atoms with van der Waals surface area (Å²) in [6, 6.07) is 14.0. The third-order valence-corrected chi connectivity index (χ3v) is 4.01. The normalized spacial score (nSPS) is 10.8. The fourth-order valence-corrected chi connectivity index (χ4v) is 2.71. The van der Waals surface area contributed by atoms with Crippen LogP contribution in [0.2, 0.25) is 0 Å². The summed E-state index contributed by atoms with van der Waals surface area (Å²) in [5, 5.41) is 8.90. The van der Waals surface area contributed by atoms with Gasteiger partial charge in [-0.15, -0.1) is 0 Å². The van der Waals surface area contributed by atoms with Gasteiger partial charge >= 0.3 is 5.97 Å². The van der Waals surface area contributed by atoms with E-state index in [1.165, 1.54) is 13.4 Å². The van der Waals surface area contributed by atoms with Crippen LogP contribution >= 0.6 is 15.9 Å². The Hall–Kier alpha value is -2.85. The summed E-state index contributed by atoms with van der Waals surface area (Å²) in [7, 11) is 1.38. The molecule has 0 aliphatic heterocycles. The zero-order valence-corrected chi connectivity index (χ0v) is 15.5. The van der Waals surface area contributed by atoms with Gasteiger partial charge in [0.05, 0.1) is 29.5 Å². The molecule has 0 saturated heterocycles. The minimum absolute atomic E-state index is 0.0863. The first-order valence-corrected chi connectivity index (χ1v) is 8.26. The molecular formula is C19H15BrFNO4. The van der Waals surface area contributed by atoms with E-state index in [1.54, 1.807) is 42.5 Å². The van der Waals surface area contributed by atoms with E-state index in [-0.39, 0.29) is 12.2 Å². The van der Waals surface area contributed by atoms with E-state index < -0.39 is 12.8 Å². The van der Waals surface area contributed by atoms with Crippen LogP contribution in [0.1, 0.15) is 16.7 Å². The quantitative estimate of drug-likeness (QED) is 0.378. The van der Waals surface area contributed by atoms with E-state index in [0.717, 1.165) is 0 Å². The lowest BCUT2D eigenvalue weighted by atomic mass is 10.0. The van der Waals surface area contributed by atoms with Gasteiger partial charge in [0.15, 0.2) is 0 Å². The van der Waals surface area contributed by atoms with Crippen molar-refractivity contribution in [2.75, 3.05) is 14.0 Å². The highest BCUT2D eigenvalue weighted by Gasteiger charge is 2.18. The van der Waals surface area contributed by atoms with Crippen LogP contribution in [0.15, 0.2) is 53.2 Å². The van der Waals surface area contributed by atoms with Gasteiger partial charge in [0, 0.05) is 0 Å². The first-order chi connectivity index (χ1) is 12.6. The molecule has 0 aromatic heterocycles. The maximum Gasteiger partial charge on any atom is 0.344 e. The molecule has 2 aromatic carbocycles. The highest BCUT2D eigenvalue weighted by Crippen LogP contribution is 2.28. The molecule has 0 saturated carbocycles. The van der Waals surface area contributed by atoms with Crippen LogP contribution in [0.25, 0.3) is 5.57 Å². The van der Waals surface area contributed by atoms with Crippen LogP contribution < -0.4 is 4.74 Å². The van der Waals surface area contributed by atoms with E-state index in [2.05, 4.69) is 20.7 Å². The lowest BCUT2D eigenvalue weighted by Crippen LogP contribution is -2.10. The Balaban J connectivity index is 2.27. The van der Waals surface area contributed by atoms with Crippen molar-refractivity contribution in [2.45, 2.75) is 6.61 Å². The van der Waals surface area contributed by atoms with E-state index in [1.807, 2.05) is 6.07 Å². The predicted octanol–water partition coefficient (Wildman–Crippen LogP) is 4.36. The van der Waals surface area contributed by atoms with Crippen LogP contribution in [0, 0.1) is 11.3 Å². The van der Waals surface area contributed by atoms with Crippen molar-refractivity contribution in [3.8, 4) is 11.8 Å². The maximum absolute atomic E-state index is 12.4. The number of carbonyl (C=O) groups is 1. The van der Waals surface area contributed by atoms with Crippen LogP contribution in [-0.2, 0) is 20.9 Å². The lowest BCUT2D eigenvalue weighted by molar-refractivity contribution is -0.140. The highest BCUT2D eigenvalue weighted by molar-refractivity contribution is 9.10. The number of rotatable bonds is 7. The highest BCUT2D eigenvalue weighted by atomic mass is 79.9. The fourth-order valence-electron chi connectivity index (χ4n) is 2.22. The van der Waals surface area contributed by atoms with Crippen LogP contribution in [0.3, 0.4) is 0 Å². The zero-order chi connectivity index (χ0) is 18.9. The third-order valence-electron chi connectivity index (χ3n) is 3.39. The van der Waals surface area contributed by atoms with Crippen molar-refractivity contribution in [1.82, 2.24) is 0 Å². The van der Waals surface area contributed by atoms with Crippen molar-refractivity contribution in [2.24, 2.45) is 0 Å². The summed E-state index contributed by atoms with van der Waals surface area (Å²) in [6.45, 7) is -1.08. The lowest BCUT2D eigenvalue weighted by Gasteiger charge is -2.13. The molecule has 0 radical (unpaired) electrons. The van der Waals surface area contributed by atoms with Crippen molar-refractivity contribution >= 4 is 27.5 Å².